The molecule has 0 radical (unpaired) electrons. The predicted molar refractivity (Wildman–Crippen MR) is 299 cm³/mol. The van der Waals surface area contributed by atoms with E-state index in [0.717, 1.165) is 0 Å². The van der Waals surface area contributed by atoms with E-state index >= 15 is 0 Å². The van der Waals surface area contributed by atoms with Crippen molar-refractivity contribution in [2.45, 2.75) is 105 Å². The van der Waals surface area contributed by atoms with E-state index in [-0.39, 0.29) is 21.7 Å². The minimum absolute atomic E-state index is 0.0923. The Morgan fingerprint density at radius 2 is 0.529 bits per heavy atom. The van der Waals surface area contributed by atoms with Crippen LogP contribution in [0, 0.1) is 0 Å². The summed E-state index contributed by atoms with van der Waals surface area (Å²) < 4.78 is 0. The molecule has 0 fully saturated rings. The third-order valence-electron chi connectivity index (χ3n) is 14.9. The van der Waals surface area contributed by atoms with Crippen LogP contribution in [0.1, 0.15) is 105 Å². The Bertz CT molecular complexity index is 3460. The summed E-state index contributed by atoms with van der Waals surface area (Å²) in [6.45, 7) is 28.5. The second-order valence-corrected chi connectivity index (χ2v) is 23.7. The maximum atomic E-state index is 2.55. The molecule has 336 valence electrons. The van der Waals surface area contributed by atoms with Crippen LogP contribution in [0.25, 0.3) is 109 Å². The zero-order chi connectivity index (χ0) is 47.7. The smallest absolute Gasteiger partial charge is 0.000116 e. The summed E-state index contributed by atoms with van der Waals surface area (Å²) in [6.07, 6.45) is 0. The van der Waals surface area contributed by atoms with Gasteiger partial charge in [0, 0.05) is 0 Å². The van der Waals surface area contributed by atoms with E-state index in [1.807, 2.05) is 0 Å². The molecule has 0 saturated heterocycles. The van der Waals surface area contributed by atoms with E-state index in [2.05, 4.69) is 253 Å². The molecule has 0 spiro atoms. The van der Waals surface area contributed by atoms with Crippen molar-refractivity contribution in [2.75, 3.05) is 0 Å². The molecule has 0 atom stereocenters. The predicted octanol–water partition coefficient (Wildman–Crippen LogP) is 19.9. The maximum Gasteiger partial charge on any atom is -0.000116 e. The normalized spacial score (nSPS) is 13.0. The Morgan fingerprint density at radius 3 is 0.853 bits per heavy atom. The lowest BCUT2D eigenvalue weighted by atomic mass is 9.72. The number of fused-ring (bicyclic) bond motifs is 5. The average Bonchev–Trinajstić information content (AvgIpc) is 3.31. The third kappa shape index (κ3) is 7.02. The first-order valence-corrected chi connectivity index (χ1v) is 24.8. The zero-order valence-electron chi connectivity index (χ0n) is 42.2. The largest absolute Gasteiger partial charge is 0.0622 e. The third-order valence-corrected chi connectivity index (χ3v) is 14.9. The maximum absolute atomic E-state index is 2.55. The molecule has 0 nitrogen and oxygen atoms in total. The lowest BCUT2D eigenvalue weighted by molar-refractivity contribution is 0.568. The van der Waals surface area contributed by atoms with Gasteiger partial charge < -0.3 is 0 Å². The molecule has 0 bridgehead atoms. The Labute approximate surface area is 404 Å². The molecule has 0 aliphatic carbocycles. The lowest BCUT2D eigenvalue weighted by Crippen LogP contribution is -2.17. The molecule has 11 aromatic rings. The van der Waals surface area contributed by atoms with Gasteiger partial charge in [-0.25, -0.2) is 0 Å². The Kier molecular flexibility index (Phi) is 9.90. The van der Waals surface area contributed by atoms with Gasteiger partial charge in [0.1, 0.15) is 0 Å². The summed E-state index contributed by atoms with van der Waals surface area (Å²) in [4.78, 5) is 0. The summed E-state index contributed by atoms with van der Waals surface area (Å²) >= 11 is 0. The van der Waals surface area contributed by atoms with Crippen molar-refractivity contribution in [3.63, 3.8) is 0 Å². The molecule has 0 unspecified atom stereocenters. The zero-order valence-corrected chi connectivity index (χ0v) is 42.2. The van der Waals surface area contributed by atoms with Crippen LogP contribution in [0.5, 0.6) is 0 Å². The quantitative estimate of drug-likeness (QED) is 0.122. The van der Waals surface area contributed by atoms with Gasteiger partial charge in [-0.05, 0) is 153 Å². The van der Waals surface area contributed by atoms with Crippen molar-refractivity contribution in [3.05, 3.63) is 192 Å². The number of hydrogen-bond acceptors (Lipinski definition) is 0. The second kappa shape index (κ2) is 15.4. The summed E-state index contributed by atoms with van der Waals surface area (Å²) in [5, 5.41) is 15.6. The minimum atomic E-state index is -0.0923. The van der Waals surface area contributed by atoms with Gasteiger partial charge >= 0.3 is 0 Å². The molecular weight excluding hydrogens is 817 g/mol. The van der Waals surface area contributed by atoms with Gasteiger partial charge in [-0.1, -0.05) is 253 Å². The fourth-order valence-electron chi connectivity index (χ4n) is 11.2. The van der Waals surface area contributed by atoms with Crippen LogP contribution in [0.15, 0.2) is 170 Å². The summed E-state index contributed by atoms with van der Waals surface area (Å²) in [7, 11) is 0. The highest BCUT2D eigenvalue weighted by Crippen LogP contribution is 2.58. The first kappa shape index (κ1) is 43.8. The fraction of sp³-hybridized carbons (Fsp3) is 0.235. The molecule has 68 heavy (non-hydrogen) atoms. The molecule has 0 heterocycles. The Morgan fingerprint density at radius 1 is 0.221 bits per heavy atom. The van der Waals surface area contributed by atoms with E-state index in [4.69, 9.17) is 0 Å². The number of hydrogen-bond donors (Lipinski definition) is 0. The van der Waals surface area contributed by atoms with Gasteiger partial charge in [-0.15, -0.1) is 0 Å². The van der Waals surface area contributed by atoms with Crippen molar-refractivity contribution in [1.82, 2.24) is 0 Å². The Hall–Kier alpha value is -6.76. The number of benzene rings is 11. The minimum Gasteiger partial charge on any atom is -0.0622 e. The van der Waals surface area contributed by atoms with Gasteiger partial charge in [0.05, 0.1) is 0 Å². The van der Waals surface area contributed by atoms with E-state index in [0.29, 0.717) is 0 Å². The molecule has 0 saturated carbocycles. The van der Waals surface area contributed by atoms with Crippen LogP contribution < -0.4 is 0 Å². The van der Waals surface area contributed by atoms with Gasteiger partial charge in [0.2, 0.25) is 0 Å². The van der Waals surface area contributed by atoms with Crippen molar-refractivity contribution >= 4 is 64.6 Å². The van der Waals surface area contributed by atoms with E-state index < -0.39 is 0 Å². The van der Waals surface area contributed by atoms with Crippen LogP contribution in [0.2, 0.25) is 0 Å². The van der Waals surface area contributed by atoms with Crippen molar-refractivity contribution < 1.29 is 0 Å². The molecule has 0 aromatic heterocycles. The molecule has 0 amide bonds. The molecule has 0 aliphatic rings. The molecule has 11 aromatic carbocycles. The summed E-state index contributed by atoms with van der Waals surface area (Å²) in [5.41, 5.74) is 15.2. The average molecular weight is 881 g/mol. The molecule has 0 heteroatoms. The fourth-order valence-corrected chi connectivity index (χ4v) is 11.2. The highest BCUT2D eigenvalue weighted by Gasteiger charge is 2.32. The highest BCUT2D eigenvalue weighted by atomic mass is 14.3. The molecule has 0 aliphatic heterocycles. The van der Waals surface area contributed by atoms with Crippen molar-refractivity contribution in [2.24, 2.45) is 0 Å². The van der Waals surface area contributed by atoms with Crippen molar-refractivity contribution in [1.29, 1.82) is 0 Å². The van der Waals surface area contributed by atoms with E-state index in [1.165, 1.54) is 131 Å². The standard InChI is InChI=1S/C68H64/c1-65(2,3)47-35-45(36-48(39-47)66(4,5)6)59-61-53-31-21-27-43-33-34-44-28-22-32-54(58(44)57(43)53)62(61)60(46-37-49(67(7,8)9)40-50(38-46)68(10,11)12)64-56(42-25-17-14-18-26-42)52-30-20-19-29-51(52)55(63(59)64)41-23-15-13-16-24-41/h13-40H,1-12H3. The van der Waals surface area contributed by atoms with Gasteiger partial charge in [-0.2, -0.15) is 0 Å². The van der Waals surface area contributed by atoms with Crippen LogP contribution in [0.4, 0.5) is 0 Å². The second-order valence-electron chi connectivity index (χ2n) is 23.7. The first-order valence-electron chi connectivity index (χ1n) is 24.8. The van der Waals surface area contributed by atoms with Crippen molar-refractivity contribution in [3.8, 4) is 44.5 Å². The first-order chi connectivity index (χ1) is 32.3. The molecule has 11 rings (SSSR count). The SMILES string of the molecule is CC(C)(C)c1cc(-c2c3c(-c4ccccc4)c4ccccc4c(-c4ccccc4)c3c(-c3cc(C(C)(C)C)cc(C(C)(C)C)c3)c3c4cccc5ccc6cccc(c23)c6c54)cc(C(C)(C)C)c1. The molecule has 0 N–H and O–H groups in total. The van der Waals surface area contributed by atoms with E-state index in [1.54, 1.807) is 0 Å². The Balaban J connectivity index is 1.59. The van der Waals surface area contributed by atoms with Gasteiger partial charge in [0.15, 0.2) is 0 Å². The topological polar surface area (TPSA) is 0 Å². The summed E-state index contributed by atoms with van der Waals surface area (Å²) in [6, 6.07) is 65.8. The van der Waals surface area contributed by atoms with Crippen LogP contribution in [-0.4, -0.2) is 0 Å². The van der Waals surface area contributed by atoms with Gasteiger partial charge in [0.25, 0.3) is 0 Å². The van der Waals surface area contributed by atoms with Crippen LogP contribution in [-0.2, 0) is 21.7 Å². The van der Waals surface area contributed by atoms with Gasteiger partial charge in [-0.3, -0.25) is 0 Å². The highest BCUT2D eigenvalue weighted by molar-refractivity contribution is 6.44. The van der Waals surface area contributed by atoms with E-state index in [9.17, 15) is 0 Å². The monoisotopic (exact) mass is 881 g/mol. The summed E-state index contributed by atoms with van der Waals surface area (Å²) in [5.74, 6) is 0. The van der Waals surface area contributed by atoms with Crippen LogP contribution in [0.3, 0.4) is 0 Å². The lowest BCUT2D eigenvalue weighted by Gasteiger charge is -2.31. The number of rotatable bonds is 4. The molecular formula is C68H64. The van der Waals surface area contributed by atoms with Crippen LogP contribution >= 0.6 is 0 Å².